The number of ether oxygens (including phenoxy) is 2. The molecule has 1 aromatic rings. The largest absolute Gasteiger partial charge is 0.469 e. The van der Waals surface area contributed by atoms with E-state index in [9.17, 15) is 14.7 Å². The number of esters is 1. The fourth-order valence-corrected chi connectivity index (χ4v) is 2.21. The number of nitrogens with one attached hydrogen (secondary N) is 1. The number of aliphatic hydroxyl groups is 1. The lowest BCUT2D eigenvalue weighted by Crippen LogP contribution is -2.48. The zero-order valence-corrected chi connectivity index (χ0v) is 12.3. The Morgan fingerprint density at radius 3 is 2.64 bits per heavy atom. The van der Waals surface area contributed by atoms with Crippen LogP contribution >= 0.6 is 0 Å². The van der Waals surface area contributed by atoms with Crippen LogP contribution in [0.15, 0.2) is 42.5 Å². The monoisotopic (exact) mass is 305 g/mol. The topological polar surface area (TPSA) is 84.9 Å². The molecule has 0 unspecified atom stereocenters. The molecule has 1 aromatic carbocycles. The van der Waals surface area contributed by atoms with Crippen LogP contribution in [0.3, 0.4) is 0 Å². The number of rotatable bonds is 5. The maximum Gasteiger partial charge on any atom is 0.308 e. The van der Waals surface area contributed by atoms with Crippen molar-refractivity contribution < 1.29 is 24.2 Å². The van der Waals surface area contributed by atoms with Gasteiger partial charge in [0.1, 0.15) is 6.10 Å². The molecule has 0 saturated heterocycles. The summed E-state index contributed by atoms with van der Waals surface area (Å²) in [5.41, 5.74) is 0.532. The van der Waals surface area contributed by atoms with Crippen LogP contribution in [0.4, 0.5) is 0 Å². The van der Waals surface area contributed by atoms with Crippen LogP contribution in [-0.2, 0) is 14.3 Å². The Bertz CT molecular complexity index is 543. The Hall–Kier alpha value is -2.18. The number of aliphatic hydroxyl groups excluding tert-OH is 1. The van der Waals surface area contributed by atoms with Gasteiger partial charge in [0.2, 0.25) is 0 Å². The number of amides is 1. The minimum absolute atomic E-state index is 0.0723. The number of carbonyl (C=O) groups excluding carboxylic acids is 2. The average molecular weight is 305 g/mol. The zero-order valence-electron chi connectivity index (χ0n) is 12.3. The van der Waals surface area contributed by atoms with Gasteiger partial charge in [0.25, 0.3) is 5.91 Å². The number of benzene rings is 1. The van der Waals surface area contributed by atoms with E-state index in [1.165, 1.54) is 7.11 Å². The van der Waals surface area contributed by atoms with Gasteiger partial charge in [-0.15, -0.1) is 0 Å². The summed E-state index contributed by atoms with van der Waals surface area (Å²) < 4.78 is 10.2. The van der Waals surface area contributed by atoms with E-state index in [4.69, 9.17) is 4.74 Å². The standard InChI is InChI=1S/C16H19NO5/c1-21-15(19)9-12-7-8-13(14(10-18)22-12)17-16(20)11-5-3-2-4-6-11/h2-8,12-14,18H,9-10H2,1H3,(H,17,20)/t12-,13+,14-/m1/s1. The molecule has 1 aliphatic heterocycles. The number of hydrogen-bond donors (Lipinski definition) is 2. The third-order valence-electron chi connectivity index (χ3n) is 3.39. The lowest BCUT2D eigenvalue weighted by atomic mass is 10.0. The van der Waals surface area contributed by atoms with Crippen LogP contribution in [0, 0.1) is 0 Å². The second-order valence-electron chi connectivity index (χ2n) is 4.93. The van der Waals surface area contributed by atoms with E-state index in [1.54, 1.807) is 36.4 Å². The lowest BCUT2D eigenvalue weighted by molar-refractivity contribution is -0.144. The average Bonchev–Trinajstić information content (AvgIpc) is 2.56. The Balaban J connectivity index is 2.00. The molecule has 0 radical (unpaired) electrons. The molecule has 3 atom stereocenters. The second-order valence-corrected chi connectivity index (χ2v) is 4.93. The summed E-state index contributed by atoms with van der Waals surface area (Å²) in [5.74, 6) is -0.637. The van der Waals surface area contributed by atoms with E-state index in [1.807, 2.05) is 6.07 Å². The molecule has 0 spiro atoms. The first kappa shape index (κ1) is 16.2. The Morgan fingerprint density at radius 2 is 2.00 bits per heavy atom. The van der Waals surface area contributed by atoms with E-state index in [0.717, 1.165) is 0 Å². The molecular weight excluding hydrogens is 286 g/mol. The van der Waals surface area contributed by atoms with Crippen LogP contribution in [0.25, 0.3) is 0 Å². The first-order valence-corrected chi connectivity index (χ1v) is 7.01. The summed E-state index contributed by atoms with van der Waals surface area (Å²) >= 11 is 0. The smallest absolute Gasteiger partial charge is 0.308 e. The molecule has 0 saturated carbocycles. The van der Waals surface area contributed by atoms with Crippen LogP contribution in [-0.4, -0.2) is 48.9 Å². The predicted octanol–water partition coefficient (Wildman–Crippen LogP) is 0.664. The Labute approximate surface area is 128 Å². The van der Waals surface area contributed by atoms with E-state index >= 15 is 0 Å². The van der Waals surface area contributed by atoms with E-state index in [2.05, 4.69) is 10.1 Å². The lowest BCUT2D eigenvalue weighted by Gasteiger charge is -2.31. The molecule has 6 heteroatoms. The minimum atomic E-state index is -0.604. The van der Waals surface area contributed by atoms with E-state index in [-0.39, 0.29) is 18.9 Å². The molecule has 0 bridgehead atoms. The molecular formula is C16H19NO5. The highest BCUT2D eigenvalue weighted by Gasteiger charge is 2.29. The van der Waals surface area contributed by atoms with Crippen molar-refractivity contribution in [3.05, 3.63) is 48.0 Å². The van der Waals surface area contributed by atoms with Gasteiger partial charge >= 0.3 is 5.97 Å². The van der Waals surface area contributed by atoms with Gasteiger partial charge in [0.15, 0.2) is 0 Å². The van der Waals surface area contributed by atoms with Gasteiger partial charge in [0, 0.05) is 5.56 Å². The van der Waals surface area contributed by atoms with Crippen molar-refractivity contribution in [2.45, 2.75) is 24.7 Å². The Morgan fingerprint density at radius 1 is 1.27 bits per heavy atom. The van der Waals surface area contributed by atoms with Gasteiger partial charge < -0.3 is 19.9 Å². The molecule has 0 aromatic heterocycles. The summed E-state index contributed by atoms with van der Waals surface area (Å²) in [6.07, 6.45) is 2.43. The SMILES string of the molecule is COC(=O)C[C@H]1C=C[C@H](NC(=O)c2ccccc2)[C@@H](CO)O1. The van der Waals surface area contributed by atoms with Crippen molar-refractivity contribution in [2.75, 3.05) is 13.7 Å². The Kier molecular flexibility index (Phi) is 5.68. The number of hydrogen-bond acceptors (Lipinski definition) is 5. The van der Waals surface area contributed by atoms with Crippen molar-refractivity contribution in [1.82, 2.24) is 5.32 Å². The third-order valence-corrected chi connectivity index (χ3v) is 3.39. The fraction of sp³-hybridized carbons (Fsp3) is 0.375. The van der Waals surface area contributed by atoms with Crippen molar-refractivity contribution >= 4 is 11.9 Å². The first-order valence-electron chi connectivity index (χ1n) is 7.01. The van der Waals surface area contributed by atoms with Gasteiger partial charge in [-0.2, -0.15) is 0 Å². The van der Waals surface area contributed by atoms with Gasteiger partial charge in [0.05, 0.1) is 32.3 Å². The predicted molar refractivity (Wildman–Crippen MR) is 79.2 cm³/mol. The van der Waals surface area contributed by atoms with Crippen LogP contribution in [0.2, 0.25) is 0 Å². The molecule has 118 valence electrons. The molecule has 0 fully saturated rings. The summed E-state index contributed by atoms with van der Waals surface area (Å²) in [7, 11) is 1.31. The summed E-state index contributed by atoms with van der Waals surface area (Å²) in [4.78, 5) is 23.4. The van der Waals surface area contributed by atoms with E-state index in [0.29, 0.717) is 5.56 Å². The summed E-state index contributed by atoms with van der Waals surface area (Å²) in [5, 5.41) is 12.2. The molecule has 2 N–H and O–H groups in total. The molecule has 0 aliphatic carbocycles. The minimum Gasteiger partial charge on any atom is -0.469 e. The number of carbonyl (C=O) groups is 2. The van der Waals surface area contributed by atoms with Gasteiger partial charge in [-0.05, 0) is 12.1 Å². The van der Waals surface area contributed by atoms with Gasteiger partial charge in [-0.1, -0.05) is 30.4 Å². The molecule has 1 heterocycles. The number of methoxy groups -OCH3 is 1. The van der Waals surface area contributed by atoms with E-state index < -0.39 is 24.2 Å². The summed E-state index contributed by atoms with van der Waals surface area (Å²) in [6.45, 7) is -0.262. The first-order chi connectivity index (χ1) is 10.6. The summed E-state index contributed by atoms with van der Waals surface area (Å²) in [6, 6.07) is 8.34. The van der Waals surface area contributed by atoms with Crippen molar-refractivity contribution in [1.29, 1.82) is 0 Å². The second kappa shape index (κ2) is 7.72. The maximum absolute atomic E-state index is 12.1. The van der Waals surface area contributed by atoms with Crippen LogP contribution < -0.4 is 5.32 Å². The third kappa shape index (κ3) is 4.16. The van der Waals surface area contributed by atoms with Crippen LogP contribution in [0.1, 0.15) is 16.8 Å². The molecule has 6 nitrogen and oxygen atoms in total. The van der Waals surface area contributed by atoms with Crippen molar-refractivity contribution in [3.8, 4) is 0 Å². The molecule has 22 heavy (non-hydrogen) atoms. The highest BCUT2D eigenvalue weighted by atomic mass is 16.5. The highest BCUT2D eigenvalue weighted by molar-refractivity contribution is 5.94. The van der Waals surface area contributed by atoms with Crippen molar-refractivity contribution in [3.63, 3.8) is 0 Å². The fourth-order valence-electron chi connectivity index (χ4n) is 2.21. The molecule has 1 aliphatic rings. The zero-order chi connectivity index (χ0) is 15.9. The molecule has 1 amide bonds. The normalized spacial score (nSPS) is 23.8. The highest BCUT2D eigenvalue weighted by Crippen LogP contribution is 2.16. The van der Waals surface area contributed by atoms with Crippen molar-refractivity contribution in [2.24, 2.45) is 0 Å². The van der Waals surface area contributed by atoms with Gasteiger partial charge in [-0.3, -0.25) is 9.59 Å². The van der Waals surface area contributed by atoms with Crippen LogP contribution in [0.5, 0.6) is 0 Å². The van der Waals surface area contributed by atoms with Gasteiger partial charge in [-0.25, -0.2) is 0 Å². The quantitative estimate of drug-likeness (QED) is 0.617. The maximum atomic E-state index is 12.1. The molecule has 2 rings (SSSR count).